The maximum Gasteiger partial charge on any atom is 0.317 e. The lowest BCUT2D eigenvalue weighted by molar-refractivity contribution is 0.157. The van der Waals surface area contributed by atoms with E-state index in [2.05, 4.69) is 29.4 Å². The van der Waals surface area contributed by atoms with Crippen LogP contribution in [0.2, 0.25) is 0 Å². The number of nitrogens with zero attached hydrogens (tertiary/aromatic N) is 2. The number of likely N-dealkylation sites (tertiary alicyclic amines) is 1. The molecule has 2 rings (SSSR count). The molecule has 116 valence electrons. The fourth-order valence-corrected chi connectivity index (χ4v) is 2.86. The smallest absolute Gasteiger partial charge is 0.317 e. The Morgan fingerprint density at radius 3 is 3.00 bits per heavy atom. The fraction of sp³-hybridized carbons (Fsp3) is 0.667. The molecule has 1 aliphatic rings. The summed E-state index contributed by atoms with van der Waals surface area (Å²) in [6.45, 7) is 6.44. The molecule has 1 saturated heterocycles. The second-order valence-electron chi connectivity index (χ2n) is 6.16. The summed E-state index contributed by atoms with van der Waals surface area (Å²) >= 11 is 0. The number of nitrogens with one attached hydrogen (secondary N) is 2. The minimum atomic E-state index is -0.238. The van der Waals surface area contributed by atoms with Crippen molar-refractivity contribution in [3.05, 3.63) is 28.2 Å². The Balaban J connectivity index is 1.82. The summed E-state index contributed by atoms with van der Waals surface area (Å²) in [6.07, 6.45) is 3.45. The lowest BCUT2D eigenvalue weighted by Gasteiger charge is -2.33. The number of hydrogen-bond donors (Lipinski definition) is 2. The Hall–Kier alpha value is -1.85. The molecule has 0 bridgehead atoms. The molecule has 21 heavy (non-hydrogen) atoms. The van der Waals surface area contributed by atoms with Crippen molar-refractivity contribution in [3.8, 4) is 0 Å². The third-order valence-corrected chi connectivity index (χ3v) is 3.77. The van der Waals surface area contributed by atoms with Gasteiger partial charge in [-0.1, -0.05) is 13.8 Å². The van der Waals surface area contributed by atoms with Gasteiger partial charge >= 0.3 is 6.03 Å². The molecule has 0 spiro atoms. The van der Waals surface area contributed by atoms with Gasteiger partial charge in [-0.05, 0) is 37.2 Å². The quantitative estimate of drug-likeness (QED) is 0.887. The summed E-state index contributed by atoms with van der Waals surface area (Å²) in [4.78, 5) is 25.0. The highest BCUT2D eigenvalue weighted by atomic mass is 16.2. The van der Waals surface area contributed by atoms with Crippen molar-refractivity contribution in [1.82, 2.24) is 20.4 Å². The first-order valence-corrected chi connectivity index (χ1v) is 7.62. The number of aromatic nitrogens is 2. The van der Waals surface area contributed by atoms with Crippen LogP contribution in [-0.2, 0) is 6.54 Å². The van der Waals surface area contributed by atoms with E-state index in [1.54, 1.807) is 6.07 Å². The summed E-state index contributed by atoms with van der Waals surface area (Å²) in [6, 6.07) is 2.99. The van der Waals surface area contributed by atoms with Crippen molar-refractivity contribution in [2.45, 2.75) is 39.7 Å². The van der Waals surface area contributed by atoms with E-state index in [0.29, 0.717) is 24.1 Å². The molecule has 6 heteroatoms. The average molecular weight is 292 g/mol. The van der Waals surface area contributed by atoms with E-state index in [1.807, 2.05) is 4.90 Å². The van der Waals surface area contributed by atoms with Crippen molar-refractivity contribution in [2.24, 2.45) is 11.8 Å². The number of piperidine rings is 1. The van der Waals surface area contributed by atoms with Gasteiger partial charge in [0.1, 0.15) is 0 Å². The molecule has 1 fully saturated rings. The van der Waals surface area contributed by atoms with Crippen molar-refractivity contribution >= 4 is 6.03 Å². The number of H-pyrrole nitrogens is 1. The first-order chi connectivity index (χ1) is 10.0. The van der Waals surface area contributed by atoms with Crippen molar-refractivity contribution in [3.63, 3.8) is 0 Å². The van der Waals surface area contributed by atoms with Gasteiger partial charge in [-0.15, -0.1) is 0 Å². The molecule has 1 unspecified atom stereocenters. The molecule has 0 aliphatic carbocycles. The Morgan fingerprint density at radius 2 is 2.33 bits per heavy atom. The van der Waals surface area contributed by atoms with Gasteiger partial charge in [0.2, 0.25) is 0 Å². The Kier molecular flexibility index (Phi) is 5.36. The van der Waals surface area contributed by atoms with Crippen molar-refractivity contribution < 1.29 is 4.79 Å². The number of amides is 2. The normalized spacial score (nSPS) is 18.8. The molecule has 2 amide bonds. The van der Waals surface area contributed by atoms with E-state index < -0.39 is 0 Å². The number of hydrogen-bond acceptors (Lipinski definition) is 3. The third kappa shape index (κ3) is 4.88. The predicted octanol–water partition coefficient (Wildman–Crippen LogP) is 1.74. The second-order valence-corrected chi connectivity index (χ2v) is 6.16. The molecule has 1 aliphatic heterocycles. The predicted molar refractivity (Wildman–Crippen MR) is 80.8 cm³/mol. The molecule has 0 aromatic carbocycles. The summed E-state index contributed by atoms with van der Waals surface area (Å²) in [5.74, 6) is 1.28. The van der Waals surface area contributed by atoms with Crippen LogP contribution in [0.3, 0.4) is 0 Å². The van der Waals surface area contributed by atoms with Gasteiger partial charge in [0, 0.05) is 19.2 Å². The van der Waals surface area contributed by atoms with Crippen molar-refractivity contribution in [2.75, 3.05) is 13.1 Å². The van der Waals surface area contributed by atoms with Crippen LogP contribution in [0.5, 0.6) is 0 Å². The van der Waals surface area contributed by atoms with Crippen LogP contribution in [0, 0.1) is 11.8 Å². The zero-order chi connectivity index (χ0) is 15.2. The molecule has 1 aromatic rings. The molecule has 6 nitrogen and oxygen atoms in total. The summed E-state index contributed by atoms with van der Waals surface area (Å²) < 4.78 is 0. The molecular formula is C15H24N4O2. The highest BCUT2D eigenvalue weighted by molar-refractivity contribution is 5.74. The van der Waals surface area contributed by atoms with Crippen LogP contribution in [0.4, 0.5) is 4.79 Å². The zero-order valence-electron chi connectivity index (χ0n) is 12.8. The second kappa shape index (κ2) is 7.24. The molecule has 2 heterocycles. The molecule has 0 radical (unpaired) electrons. The maximum absolute atomic E-state index is 12.2. The standard InChI is InChI=1S/C15H24N4O2/c1-11(2)8-12-4-3-7-19(10-12)15(21)16-9-13-5-6-14(20)18-17-13/h5-6,11-12H,3-4,7-10H2,1-2H3,(H,16,21)(H,18,20). The van der Waals surface area contributed by atoms with E-state index in [1.165, 1.54) is 18.9 Å². The van der Waals surface area contributed by atoms with Crippen LogP contribution in [0.15, 0.2) is 16.9 Å². The topological polar surface area (TPSA) is 78.1 Å². The Morgan fingerprint density at radius 1 is 1.52 bits per heavy atom. The number of urea groups is 1. The maximum atomic E-state index is 12.2. The first kappa shape index (κ1) is 15.5. The van der Waals surface area contributed by atoms with Crippen LogP contribution in [-0.4, -0.2) is 34.2 Å². The third-order valence-electron chi connectivity index (χ3n) is 3.77. The Bertz CT molecular complexity index is 506. The van der Waals surface area contributed by atoms with Crippen LogP contribution in [0.25, 0.3) is 0 Å². The highest BCUT2D eigenvalue weighted by Gasteiger charge is 2.23. The monoisotopic (exact) mass is 292 g/mol. The first-order valence-electron chi connectivity index (χ1n) is 7.62. The minimum absolute atomic E-state index is 0.0449. The minimum Gasteiger partial charge on any atom is -0.332 e. The molecular weight excluding hydrogens is 268 g/mol. The van der Waals surface area contributed by atoms with Gasteiger partial charge < -0.3 is 10.2 Å². The number of carbonyl (C=O) groups excluding carboxylic acids is 1. The summed E-state index contributed by atoms with van der Waals surface area (Å²) in [5, 5.41) is 9.10. The van der Waals surface area contributed by atoms with Gasteiger partial charge in [0.15, 0.2) is 0 Å². The lowest BCUT2D eigenvalue weighted by Crippen LogP contribution is -2.45. The van der Waals surface area contributed by atoms with Gasteiger partial charge in [0.25, 0.3) is 5.56 Å². The van der Waals surface area contributed by atoms with E-state index in [0.717, 1.165) is 19.5 Å². The van der Waals surface area contributed by atoms with Crippen LogP contribution < -0.4 is 10.9 Å². The van der Waals surface area contributed by atoms with Gasteiger partial charge in [-0.2, -0.15) is 5.10 Å². The number of carbonyl (C=O) groups is 1. The molecule has 1 atom stereocenters. The number of aromatic amines is 1. The zero-order valence-corrected chi connectivity index (χ0v) is 12.8. The van der Waals surface area contributed by atoms with Gasteiger partial charge in [0.05, 0.1) is 12.2 Å². The molecule has 1 aromatic heterocycles. The summed E-state index contributed by atoms with van der Waals surface area (Å²) in [5.41, 5.74) is 0.413. The average Bonchev–Trinajstić information content (AvgIpc) is 2.46. The van der Waals surface area contributed by atoms with E-state index in [-0.39, 0.29) is 11.6 Å². The van der Waals surface area contributed by atoms with E-state index in [4.69, 9.17) is 0 Å². The number of rotatable bonds is 4. The fourth-order valence-electron chi connectivity index (χ4n) is 2.86. The SMILES string of the molecule is CC(C)CC1CCCN(C(=O)NCc2ccc(=O)[nH]n2)C1. The Labute approximate surface area is 124 Å². The largest absolute Gasteiger partial charge is 0.332 e. The van der Waals surface area contributed by atoms with Gasteiger partial charge in [-0.25, -0.2) is 9.89 Å². The van der Waals surface area contributed by atoms with E-state index in [9.17, 15) is 9.59 Å². The highest BCUT2D eigenvalue weighted by Crippen LogP contribution is 2.23. The van der Waals surface area contributed by atoms with E-state index >= 15 is 0 Å². The molecule has 0 saturated carbocycles. The van der Waals surface area contributed by atoms with Crippen LogP contribution in [0.1, 0.15) is 38.8 Å². The molecule has 2 N–H and O–H groups in total. The summed E-state index contributed by atoms with van der Waals surface area (Å²) in [7, 11) is 0. The lowest BCUT2D eigenvalue weighted by atomic mass is 9.90. The van der Waals surface area contributed by atoms with Crippen molar-refractivity contribution in [1.29, 1.82) is 0 Å². The van der Waals surface area contributed by atoms with Crippen LogP contribution >= 0.6 is 0 Å². The van der Waals surface area contributed by atoms with Gasteiger partial charge in [-0.3, -0.25) is 4.79 Å².